The van der Waals surface area contributed by atoms with Crippen LogP contribution in [0.1, 0.15) is 31.9 Å². The summed E-state index contributed by atoms with van der Waals surface area (Å²) in [4.78, 5) is 11.7. The zero-order chi connectivity index (χ0) is 13.8. The lowest BCUT2D eigenvalue weighted by Gasteiger charge is -2.20. The van der Waals surface area contributed by atoms with Crippen LogP contribution in [0, 0.1) is 6.92 Å². The number of hydrogen-bond acceptors (Lipinski definition) is 2. The second kappa shape index (κ2) is 6.23. The summed E-state index contributed by atoms with van der Waals surface area (Å²) in [5.41, 5.74) is 2.54. The van der Waals surface area contributed by atoms with Crippen molar-refractivity contribution in [2.45, 2.75) is 39.7 Å². The molecule has 4 heteroatoms. The highest BCUT2D eigenvalue weighted by Gasteiger charge is 2.16. The monoisotopic (exact) mass is 313 g/mol. The maximum absolute atomic E-state index is 11.7. The van der Waals surface area contributed by atoms with Crippen molar-refractivity contribution in [3.8, 4) is 0 Å². The van der Waals surface area contributed by atoms with Gasteiger partial charge in [0.15, 0.2) is 0 Å². The van der Waals surface area contributed by atoms with E-state index in [1.807, 2.05) is 39.8 Å². The molecule has 0 atom stereocenters. The number of amides is 1. The summed E-state index contributed by atoms with van der Waals surface area (Å²) in [6, 6.07) is 6.06. The number of hydrogen-bond donors (Lipinski definition) is 1. The van der Waals surface area contributed by atoms with Crippen LogP contribution in [0.2, 0.25) is 0 Å². The van der Waals surface area contributed by atoms with Crippen LogP contribution < -0.4 is 5.32 Å². The largest absolute Gasteiger partial charge is 0.444 e. The molecule has 0 aliphatic carbocycles. The van der Waals surface area contributed by atoms with Gasteiger partial charge in [0.25, 0.3) is 0 Å². The Morgan fingerprint density at radius 3 is 2.61 bits per heavy atom. The summed E-state index contributed by atoms with van der Waals surface area (Å²) in [5.74, 6) is 0. The third-order valence-electron chi connectivity index (χ3n) is 2.32. The van der Waals surface area contributed by atoms with E-state index in [9.17, 15) is 4.79 Å². The van der Waals surface area contributed by atoms with E-state index in [1.54, 1.807) is 0 Å². The van der Waals surface area contributed by atoms with Gasteiger partial charge in [0.05, 0.1) is 0 Å². The standard InChI is InChI=1S/C14H20BrNO2/c1-10-5-6-11(7-8-15)9-12(10)16-13(17)18-14(2,3)4/h5-6,9H,7-8H2,1-4H3,(H,16,17). The number of carbonyl (C=O) groups is 1. The molecule has 1 aromatic rings. The molecule has 0 radical (unpaired) electrons. The highest BCUT2D eigenvalue weighted by atomic mass is 79.9. The van der Waals surface area contributed by atoms with Crippen LogP contribution in [0.4, 0.5) is 10.5 Å². The summed E-state index contributed by atoms with van der Waals surface area (Å²) in [5, 5.41) is 3.69. The van der Waals surface area contributed by atoms with Crippen LogP contribution in [-0.4, -0.2) is 17.0 Å². The average molecular weight is 314 g/mol. The molecule has 0 bridgehead atoms. The van der Waals surface area contributed by atoms with Gasteiger partial charge in [0.2, 0.25) is 0 Å². The van der Waals surface area contributed by atoms with E-state index in [-0.39, 0.29) is 0 Å². The number of benzene rings is 1. The van der Waals surface area contributed by atoms with Crippen molar-refractivity contribution >= 4 is 27.7 Å². The smallest absolute Gasteiger partial charge is 0.412 e. The lowest BCUT2D eigenvalue weighted by molar-refractivity contribution is 0.0636. The van der Waals surface area contributed by atoms with Gasteiger partial charge in [-0.3, -0.25) is 5.32 Å². The quantitative estimate of drug-likeness (QED) is 0.846. The van der Waals surface area contributed by atoms with E-state index in [0.29, 0.717) is 0 Å². The van der Waals surface area contributed by atoms with E-state index >= 15 is 0 Å². The summed E-state index contributed by atoms with van der Waals surface area (Å²) >= 11 is 3.41. The van der Waals surface area contributed by atoms with E-state index in [0.717, 1.165) is 23.0 Å². The average Bonchev–Trinajstić information content (AvgIpc) is 2.20. The topological polar surface area (TPSA) is 38.3 Å². The second-order valence-corrected chi connectivity index (χ2v) is 6.01. The van der Waals surface area contributed by atoms with Gasteiger partial charge in [0, 0.05) is 11.0 Å². The van der Waals surface area contributed by atoms with E-state index in [2.05, 4.69) is 27.3 Å². The van der Waals surface area contributed by atoms with Crippen molar-refractivity contribution in [1.82, 2.24) is 0 Å². The molecule has 0 saturated heterocycles. The Bertz CT molecular complexity index is 424. The molecule has 1 rings (SSSR count). The highest BCUT2D eigenvalue weighted by Crippen LogP contribution is 2.19. The summed E-state index contributed by atoms with van der Waals surface area (Å²) in [7, 11) is 0. The number of carbonyl (C=O) groups excluding carboxylic acids is 1. The zero-order valence-corrected chi connectivity index (χ0v) is 12.9. The van der Waals surface area contributed by atoms with E-state index in [4.69, 9.17) is 4.74 Å². The number of nitrogens with one attached hydrogen (secondary N) is 1. The molecule has 0 aromatic heterocycles. The molecule has 0 unspecified atom stereocenters. The highest BCUT2D eigenvalue weighted by molar-refractivity contribution is 9.09. The molecule has 0 fully saturated rings. The molecule has 0 aliphatic rings. The SMILES string of the molecule is Cc1ccc(CCBr)cc1NC(=O)OC(C)(C)C. The fourth-order valence-corrected chi connectivity index (χ4v) is 1.94. The van der Waals surface area contributed by atoms with Gasteiger partial charge >= 0.3 is 6.09 Å². The lowest BCUT2D eigenvalue weighted by Crippen LogP contribution is -2.27. The number of rotatable bonds is 3. The first kappa shape index (κ1) is 15.0. The van der Waals surface area contributed by atoms with Gasteiger partial charge in [-0.1, -0.05) is 28.1 Å². The fraction of sp³-hybridized carbons (Fsp3) is 0.500. The van der Waals surface area contributed by atoms with Crippen LogP contribution >= 0.6 is 15.9 Å². The Hall–Kier alpha value is -1.03. The zero-order valence-electron chi connectivity index (χ0n) is 11.3. The van der Waals surface area contributed by atoms with E-state index < -0.39 is 11.7 Å². The van der Waals surface area contributed by atoms with Gasteiger partial charge in [-0.15, -0.1) is 0 Å². The molecule has 0 saturated carbocycles. The van der Waals surface area contributed by atoms with Crippen molar-refractivity contribution in [1.29, 1.82) is 0 Å². The minimum atomic E-state index is -0.481. The van der Waals surface area contributed by atoms with Crippen LogP contribution in [0.25, 0.3) is 0 Å². The molecule has 18 heavy (non-hydrogen) atoms. The number of anilines is 1. The van der Waals surface area contributed by atoms with Crippen molar-refractivity contribution in [3.05, 3.63) is 29.3 Å². The Morgan fingerprint density at radius 2 is 2.06 bits per heavy atom. The Labute approximate surface area is 117 Å². The summed E-state index contributed by atoms with van der Waals surface area (Å²) in [6.07, 6.45) is 0.519. The van der Waals surface area contributed by atoms with Crippen LogP contribution in [0.5, 0.6) is 0 Å². The maximum atomic E-state index is 11.7. The fourth-order valence-electron chi connectivity index (χ4n) is 1.48. The molecular formula is C14H20BrNO2. The minimum Gasteiger partial charge on any atom is -0.444 e. The molecule has 100 valence electrons. The molecule has 0 heterocycles. The van der Waals surface area contributed by atoms with Crippen molar-refractivity contribution in [2.75, 3.05) is 10.6 Å². The van der Waals surface area contributed by atoms with Crippen molar-refractivity contribution in [2.24, 2.45) is 0 Å². The van der Waals surface area contributed by atoms with Gasteiger partial charge in [0.1, 0.15) is 5.60 Å². The van der Waals surface area contributed by atoms with Gasteiger partial charge in [-0.2, -0.15) is 0 Å². The van der Waals surface area contributed by atoms with Crippen LogP contribution in [-0.2, 0) is 11.2 Å². The van der Waals surface area contributed by atoms with Crippen molar-refractivity contribution < 1.29 is 9.53 Å². The first-order valence-electron chi connectivity index (χ1n) is 5.97. The molecule has 0 aliphatic heterocycles. The minimum absolute atomic E-state index is 0.415. The summed E-state index contributed by atoms with van der Waals surface area (Å²) < 4.78 is 5.24. The Morgan fingerprint density at radius 1 is 1.39 bits per heavy atom. The predicted molar refractivity (Wildman–Crippen MR) is 78.5 cm³/mol. The molecule has 1 amide bonds. The molecule has 1 N–H and O–H groups in total. The maximum Gasteiger partial charge on any atom is 0.412 e. The van der Waals surface area contributed by atoms with Crippen molar-refractivity contribution in [3.63, 3.8) is 0 Å². The molecule has 0 spiro atoms. The Balaban J connectivity index is 2.77. The number of halogens is 1. The van der Waals surface area contributed by atoms with Crippen LogP contribution in [0.3, 0.4) is 0 Å². The number of aryl methyl sites for hydroxylation is 2. The van der Waals surface area contributed by atoms with Gasteiger partial charge < -0.3 is 4.74 Å². The molecular weight excluding hydrogens is 294 g/mol. The molecule has 3 nitrogen and oxygen atoms in total. The summed E-state index contributed by atoms with van der Waals surface area (Å²) in [6.45, 7) is 7.51. The molecule has 1 aromatic carbocycles. The van der Waals surface area contributed by atoms with Crippen LogP contribution in [0.15, 0.2) is 18.2 Å². The first-order valence-corrected chi connectivity index (χ1v) is 7.09. The number of ether oxygens (including phenoxy) is 1. The van der Waals surface area contributed by atoms with Gasteiger partial charge in [-0.05, 0) is 51.3 Å². The third kappa shape index (κ3) is 5.08. The van der Waals surface area contributed by atoms with E-state index in [1.165, 1.54) is 5.56 Å². The second-order valence-electron chi connectivity index (χ2n) is 5.22. The predicted octanol–water partition coefficient (Wildman–Crippen LogP) is 4.28. The normalized spacial score (nSPS) is 11.2. The number of alkyl halides is 1. The Kier molecular flexibility index (Phi) is 5.20. The first-order chi connectivity index (χ1) is 8.31. The van der Waals surface area contributed by atoms with Gasteiger partial charge in [-0.25, -0.2) is 4.79 Å². The third-order valence-corrected chi connectivity index (χ3v) is 2.72. The lowest BCUT2D eigenvalue weighted by atomic mass is 10.1.